The maximum Gasteiger partial charge on any atom is 0.269 e. The Balaban J connectivity index is 0.000000363. The Labute approximate surface area is 397 Å². The number of aliphatic hydroxyl groups is 1. The van der Waals surface area contributed by atoms with Gasteiger partial charge in [-0.1, -0.05) is 44.0 Å². The van der Waals surface area contributed by atoms with E-state index in [0.29, 0.717) is 28.1 Å². The van der Waals surface area contributed by atoms with Gasteiger partial charge in [0.1, 0.15) is 24.2 Å². The number of hydrogen-bond donors (Lipinski definition) is 7. The normalized spacial score (nSPS) is 12.7. The van der Waals surface area contributed by atoms with E-state index in [1.54, 1.807) is 39.0 Å². The van der Waals surface area contributed by atoms with Gasteiger partial charge in [-0.2, -0.15) is 10.5 Å². The molecule has 0 aromatic heterocycles. The number of halogens is 2. The first-order valence-corrected chi connectivity index (χ1v) is 23.9. The number of hydrazine groups is 2. The fourth-order valence-electron chi connectivity index (χ4n) is 5.71. The molecule has 0 aliphatic carbocycles. The average Bonchev–Trinajstić information content (AvgIpc) is 3.27. The van der Waals surface area contributed by atoms with Gasteiger partial charge in [0.05, 0.1) is 43.2 Å². The molecular formula is C44H50Cl2N10O10Si. The molecule has 0 aliphatic rings. The number of rotatable bonds is 14. The van der Waals surface area contributed by atoms with E-state index in [0.717, 1.165) is 12.1 Å². The number of benzene rings is 4. The van der Waals surface area contributed by atoms with Crippen LogP contribution < -0.4 is 32.3 Å². The summed E-state index contributed by atoms with van der Waals surface area (Å²) >= 11 is 12.4. The minimum Gasteiger partial charge on any atom is -0.412 e. The summed E-state index contributed by atoms with van der Waals surface area (Å²) < 4.78 is 6.45. The molecule has 0 fully saturated rings. The van der Waals surface area contributed by atoms with E-state index >= 15 is 0 Å². The van der Waals surface area contributed by atoms with Crippen LogP contribution in [0.25, 0.3) is 0 Å². The van der Waals surface area contributed by atoms with Crippen molar-refractivity contribution in [1.82, 2.24) is 21.7 Å². The predicted molar refractivity (Wildman–Crippen MR) is 253 cm³/mol. The van der Waals surface area contributed by atoms with Crippen molar-refractivity contribution >= 4 is 77.9 Å². The second-order valence-corrected chi connectivity index (χ2v) is 22.0. The maximum absolute atomic E-state index is 13.3. The first-order chi connectivity index (χ1) is 31.2. The summed E-state index contributed by atoms with van der Waals surface area (Å²) in [6, 6.07) is 17.9. The molecule has 4 amide bonds. The van der Waals surface area contributed by atoms with Crippen LogP contribution in [0.15, 0.2) is 72.8 Å². The smallest absolute Gasteiger partial charge is 0.269 e. The van der Waals surface area contributed by atoms with E-state index < -0.39 is 66.1 Å². The molecule has 4 rings (SSSR count). The van der Waals surface area contributed by atoms with Crippen LogP contribution in [0, 0.1) is 56.7 Å². The maximum atomic E-state index is 13.3. The third kappa shape index (κ3) is 14.4. The fraction of sp³-hybridized carbons (Fsp3) is 0.318. The van der Waals surface area contributed by atoms with Crippen LogP contribution in [0.5, 0.6) is 0 Å². The lowest BCUT2D eigenvalue weighted by Crippen LogP contribution is -2.55. The van der Waals surface area contributed by atoms with Gasteiger partial charge in [-0.05, 0) is 105 Å². The summed E-state index contributed by atoms with van der Waals surface area (Å²) in [5.74, 6) is -2.64. The van der Waals surface area contributed by atoms with Crippen LogP contribution in [0.3, 0.4) is 0 Å². The van der Waals surface area contributed by atoms with Crippen molar-refractivity contribution in [1.29, 1.82) is 10.5 Å². The van der Waals surface area contributed by atoms with Crippen LogP contribution in [-0.4, -0.2) is 71.2 Å². The van der Waals surface area contributed by atoms with E-state index in [9.17, 15) is 49.8 Å². The monoisotopic (exact) mass is 976 g/mol. The van der Waals surface area contributed by atoms with Crippen molar-refractivity contribution in [3.8, 4) is 12.1 Å². The quantitative estimate of drug-likeness (QED) is 0.0376. The summed E-state index contributed by atoms with van der Waals surface area (Å²) in [5.41, 5.74) is 11.7. The van der Waals surface area contributed by atoms with E-state index in [1.165, 1.54) is 49.4 Å². The summed E-state index contributed by atoms with van der Waals surface area (Å²) in [6.45, 7) is 16.9. The van der Waals surface area contributed by atoms with Crippen molar-refractivity contribution in [2.24, 2.45) is 0 Å². The topological polar surface area (TPSA) is 304 Å². The largest absolute Gasteiger partial charge is 0.412 e. The van der Waals surface area contributed by atoms with E-state index in [4.69, 9.17) is 32.9 Å². The predicted octanol–water partition coefficient (Wildman–Crippen LogP) is 7.13. The lowest BCUT2D eigenvalue weighted by atomic mass is 10.1. The number of hydrogen-bond acceptors (Lipinski definition) is 14. The fourth-order valence-corrected chi connectivity index (χ4v) is 7.54. The number of nitrogens with zero attached hydrogens (tertiary/aromatic N) is 4. The minimum absolute atomic E-state index is 0.0946. The van der Waals surface area contributed by atoms with Crippen molar-refractivity contribution < 1.29 is 38.6 Å². The molecule has 4 atom stereocenters. The van der Waals surface area contributed by atoms with Crippen molar-refractivity contribution in [3.05, 3.63) is 136 Å². The molecule has 4 aromatic rings. The number of nitrogens with one attached hydrogen (secondary N) is 6. The summed E-state index contributed by atoms with van der Waals surface area (Å²) in [7, 11) is -2.28. The molecule has 0 radical (unpaired) electrons. The van der Waals surface area contributed by atoms with Gasteiger partial charge >= 0.3 is 0 Å². The molecular weight excluding hydrogens is 928 g/mol. The molecule has 0 saturated heterocycles. The molecule has 0 bridgehead atoms. The first-order valence-electron chi connectivity index (χ1n) is 20.2. The van der Waals surface area contributed by atoms with E-state index in [1.807, 2.05) is 12.1 Å². The zero-order valence-corrected chi connectivity index (χ0v) is 40.4. The Morgan fingerprint density at radius 1 is 0.672 bits per heavy atom. The van der Waals surface area contributed by atoms with Crippen LogP contribution in [0.1, 0.15) is 77.6 Å². The summed E-state index contributed by atoms with van der Waals surface area (Å²) in [5, 5.41) is 56.1. The summed E-state index contributed by atoms with van der Waals surface area (Å²) in [6.07, 6.45) is -1.75. The standard InChI is InChI=1S/C25H32ClN5O5Si.C19H18ClN5O5/c1-15-20(13-10-18(14-27)21(15)26)28-22(16(2)36-37(6,7)25(3,4)5)24(33)30-29-23(32)17-8-11-19(12-9-17)31(34)35;1-10-15(8-5-13(9-21)16(10)20)22-17(11(2)26)19(28)24-23-18(27)12-3-6-14(7-4-12)25(29)30/h8-13,16,22,28H,1-7H3,(H,29,32)(H,30,33);3-8,11,17,22,26H,1-2H3,(H,23,27)(H,24,28)/t16-,22+;11-,17+/m00/s1. The third-order valence-electron chi connectivity index (χ3n) is 10.7. The van der Waals surface area contributed by atoms with Crippen LogP contribution >= 0.6 is 23.2 Å². The number of carbonyl (C=O) groups excluding carboxylic acids is 4. The number of non-ortho nitro benzene ring substituents is 2. The second kappa shape index (κ2) is 23.3. The Kier molecular flexibility index (Phi) is 18.9. The van der Waals surface area contributed by atoms with Crippen molar-refractivity contribution in [2.75, 3.05) is 10.6 Å². The van der Waals surface area contributed by atoms with E-state index in [-0.39, 0.29) is 43.1 Å². The molecule has 0 aliphatic heterocycles. The van der Waals surface area contributed by atoms with Gasteiger partial charge in [-0.3, -0.25) is 61.1 Å². The van der Waals surface area contributed by atoms with Gasteiger partial charge in [0.15, 0.2) is 8.32 Å². The zero-order valence-electron chi connectivity index (χ0n) is 37.9. The van der Waals surface area contributed by atoms with Gasteiger partial charge < -0.3 is 20.2 Å². The third-order valence-corrected chi connectivity index (χ3v) is 16.3. The molecule has 0 heterocycles. The lowest BCUT2D eigenvalue weighted by molar-refractivity contribution is -0.385. The zero-order chi connectivity index (χ0) is 50.6. The lowest BCUT2D eigenvalue weighted by Gasteiger charge is -2.40. The highest BCUT2D eigenvalue weighted by Crippen LogP contribution is 2.38. The van der Waals surface area contributed by atoms with Gasteiger partial charge in [-0.15, -0.1) is 0 Å². The minimum atomic E-state index is -2.28. The average molecular weight is 978 g/mol. The second-order valence-electron chi connectivity index (χ2n) is 16.5. The molecule has 7 N–H and O–H groups in total. The number of anilines is 2. The van der Waals surface area contributed by atoms with Gasteiger partial charge in [0, 0.05) is 46.8 Å². The molecule has 0 unspecified atom stereocenters. The van der Waals surface area contributed by atoms with E-state index in [2.05, 4.69) is 66.2 Å². The highest BCUT2D eigenvalue weighted by atomic mass is 35.5. The van der Waals surface area contributed by atoms with Crippen LogP contribution in [0.4, 0.5) is 22.7 Å². The first kappa shape index (κ1) is 54.2. The summed E-state index contributed by atoms with van der Waals surface area (Å²) in [4.78, 5) is 70.7. The number of nitro benzene ring substituents is 2. The molecule has 67 heavy (non-hydrogen) atoms. The Bertz CT molecular complexity index is 2590. The van der Waals surface area contributed by atoms with Gasteiger partial charge in [0.25, 0.3) is 35.0 Å². The van der Waals surface area contributed by atoms with Crippen molar-refractivity contribution in [3.63, 3.8) is 0 Å². The SMILES string of the molecule is Cc1c(N[C@@H](C(=O)NNC(=O)c2ccc([N+](=O)[O-])cc2)[C@H](C)O)ccc(C#N)c1Cl.Cc1c(N[C@@H](C(=O)NNC(=O)c2ccc([N+](=O)[O-])cc2)[C@H](C)O[Si](C)(C)C(C)(C)C)ccc(C#N)c1Cl. The van der Waals surface area contributed by atoms with Gasteiger partial charge in [0.2, 0.25) is 0 Å². The highest BCUT2D eigenvalue weighted by molar-refractivity contribution is 6.74. The molecule has 354 valence electrons. The molecule has 23 heteroatoms. The molecule has 0 spiro atoms. The Morgan fingerprint density at radius 3 is 1.36 bits per heavy atom. The van der Waals surface area contributed by atoms with Crippen LogP contribution in [-0.2, 0) is 14.0 Å². The number of nitriles is 2. The Morgan fingerprint density at radius 2 is 1.03 bits per heavy atom. The number of carbonyl (C=O) groups is 4. The number of nitro groups is 2. The van der Waals surface area contributed by atoms with Crippen LogP contribution in [0.2, 0.25) is 28.2 Å². The molecule has 4 aromatic carbocycles. The Hall–Kier alpha value is -7.14. The molecule has 0 saturated carbocycles. The number of aliphatic hydroxyl groups excluding tert-OH is 1. The number of amides is 4. The van der Waals surface area contributed by atoms with Crippen molar-refractivity contribution in [2.45, 2.75) is 90.9 Å². The molecule has 20 nitrogen and oxygen atoms in total. The van der Waals surface area contributed by atoms with Gasteiger partial charge in [-0.25, -0.2) is 0 Å². The highest BCUT2D eigenvalue weighted by Gasteiger charge is 2.41.